The molecule has 0 radical (unpaired) electrons. The lowest BCUT2D eigenvalue weighted by molar-refractivity contribution is 0.119. The first-order valence-corrected chi connectivity index (χ1v) is 12.8. The third kappa shape index (κ3) is 3.33. The van der Waals surface area contributed by atoms with Crippen molar-refractivity contribution in [2.24, 2.45) is 0 Å². The topological polar surface area (TPSA) is 35.4 Å². The fourth-order valence-corrected chi connectivity index (χ4v) is 7.28. The Bertz CT molecular complexity index is 1250. The molecule has 5 heterocycles. The lowest BCUT2D eigenvalue weighted by Crippen LogP contribution is -2.49. The smallest absolute Gasteiger partial charge is 0.0947 e. The second-order valence-electron chi connectivity index (χ2n) is 9.52. The van der Waals surface area contributed by atoms with Crippen molar-refractivity contribution >= 4 is 23.1 Å². The highest BCUT2D eigenvalue weighted by atomic mass is 32.2. The van der Waals surface area contributed by atoms with Gasteiger partial charge in [-0.25, -0.2) is 0 Å². The van der Waals surface area contributed by atoms with E-state index in [0.29, 0.717) is 18.1 Å². The van der Waals surface area contributed by atoms with Gasteiger partial charge in [-0.15, -0.1) is 0 Å². The molecule has 0 spiro atoms. The molecule has 7 rings (SSSR count). The van der Waals surface area contributed by atoms with Crippen molar-refractivity contribution in [1.82, 2.24) is 9.88 Å². The van der Waals surface area contributed by atoms with Crippen LogP contribution >= 0.6 is 11.8 Å². The van der Waals surface area contributed by atoms with E-state index in [2.05, 4.69) is 75.4 Å². The summed E-state index contributed by atoms with van der Waals surface area (Å²) in [4.78, 5) is 11.5. The Morgan fingerprint density at radius 2 is 1.73 bits per heavy atom. The van der Waals surface area contributed by atoms with Crippen molar-refractivity contribution in [2.45, 2.75) is 60.1 Å². The van der Waals surface area contributed by atoms with Crippen LogP contribution in [0.25, 0.3) is 11.3 Å². The van der Waals surface area contributed by atoms with Crippen LogP contribution in [0.5, 0.6) is 0 Å². The van der Waals surface area contributed by atoms with Crippen LogP contribution in [-0.2, 0) is 6.54 Å². The summed E-state index contributed by atoms with van der Waals surface area (Å²) >= 11 is 1.91. The van der Waals surface area contributed by atoms with E-state index in [-0.39, 0.29) is 0 Å². The van der Waals surface area contributed by atoms with Gasteiger partial charge in [0.15, 0.2) is 0 Å². The molecule has 2 saturated heterocycles. The summed E-state index contributed by atoms with van der Waals surface area (Å²) in [5.74, 6) is 0. The van der Waals surface area contributed by atoms with Gasteiger partial charge in [-0.3, -0.25) is 4.90 Å². The van der Waals surface area contributed by atoms with E-state index in [1.165, 1.54) is 63.7 Å². The maximum Gasteiger partial charge on any atom is 0.0947 e. The molecule has 3 aliphatic rings. The highest BCUT2D eigenvalue weighted by Gasteiger charge is 2.44. The SMILES string of the molecule is c1c[nH]c(-c2ccc3c(c2)Sc2ccccc2N3C2CC3CCC(C2)N3Cc2ccoc2)c1. The largest absolute Gasteiger partial charge is 0.472 e. The van der Waals surface area contributed by atoms with Crippen LogP contribution < -0.4 is 4.90 Å². The average Bonchev–Trinajstić information content (AvgIpc) is 3.60. The van der Waals surface area contributed by atoms with E-state index < -0.39 is 0 Å². The van der Waals surface area contributed by atoms with Crippen LogP contribution in [0.3, 0.4) is 0 Å². The molecule has 4 aromatic rings. The van der Waals surface area contributed by atoms with Crippen molar-refractivity contribution in [1.29, 1.82) is 0 Å². The van der Waals surface area contributed by atoms with E-state index in [1.807, 2.05) is 24.2 Å². The molecule has 3 aliphatic heterocycles. The van der Waals surface area contributed by atoms with E-state index in [4.69, 9.17) is 4.42 Å². The molecule has 0 amide bonds. The van der Waals surface area contributed by atoms with E-state index in [0.717, 1.165) is 6.54 Å². The van der Waals surface area contributed by atoms with Crippen LogP contribution in [0.2, 0.25) is 0 Å². The fraction of sp³-hybridized carbons (Fsp3) is 0.286. The van der Waals surface area contributed by atoms with E-state index in [9.17, 15) is 0 Å². The molecule has 2 bridgehead atoms. The zero-order chi connectivity index (χ0) is 21.8. The predicted octanol–water partition coefficient (Wildman–Crippen LogP) is 7.07. The minimum atomic E-state index is 0.528. The average molecular weight is 454 g/mol. The Hall–Kier alpha value is -2.89. The Labute approximate surface area is 198 Å². The normalized spacial score (nSPS) is 24.0. The first kappa shape index (κ1) is 19.6. The Morgan fingerprint density at radius 3 is 2.52 bits per heavy atom. The van der Waals surface area contributed by atoms with Crippen molar-refractivity contribution in [3.8, 4) is 11.3 Å². The van der Waals surface area contributed by atoms with Gasteiger partial charge in [-0.05, 0) is 73.7 Å². The number of para-hydroxylation sites is 1. The molecule has 33 heavy (non-hydrogen) atoms. The number of benzene rings is 2. The number of piperidine rings is 1. The van der Waals surface area contributed by atoms with Gasteiger partial charge in [-0.1, -0.05) is 30.0 Å². The summed E-state index contributed by atoms with van der Waals surface area (Å²) in [5, 5.41) is 0. The first-order valence-electron chi connectivity index (χ1n) is 11.9. The highest BCUT2D eigenvalue weighted by Crippen LogP contribution is 2.52. The van der Waals surface area contributed by atoms with Crippen LogP contribution in [-0.4, -0.2) is 28.0 Å². The minimum absolute atomic E-state index is 0.528. The monoisotopic (exact) mass is 453 g/mol. The highest BCUT2D eigenvalue weighted by molar-refractivity contribution is 7.99. The van der Waals surface area contributed by atoms with Crippen molar-refractivity contribution in [2.75, 3.05) is 4.90 Å². The van der Waals surface area contributed by atoms with Gasteiger partial charge >= 0.3 is 0 Å². The second kappa shape index (κ2) is 7.86. The summed E-state index contributed by atoms with van der Waals surface area (Å²) < 4.78 is 5.34. The summed E-state index contributed by atoms with van der Waals surface area (Å²) in [6, 6.07) is 24.1. The molecule has 0 aliphatic carbocycles. The summed E-state index contributed by atoms with van der Waals surface area (Å²) in [6.07, 6.45) is 10.7. The van der Waals surface area contributed by atoms with Crippen molar-refractivity contribution < 1.29 is 4.42 Å². The van der Waals surface area contributed by atoms with Gasteiger partial charge in [-0.2, -0.15) is 0 Å². The van der Waals surface area contributed by atoms with E-state index >= 15 is 0 Å². The molecule has 166 valence electrons. The van der Waals surface area contributed by atoms with Gasteiger partial charge in [0.05, 0.1) is 23.9 Å². The molecule has 2 aromatic carbocycles. The maximum atomic E-state index is 5.34. The molecule has 1 N–H and O–H groups in total. The lowest BCUT2D eigenvalue weighted by atomic mass is 9.94. The number of aromatic nitrogens is 1. The Kier molecular flexibility index (Phi) is 4.66. The summed E-state index contributed by atoms with van der Waals surface area (Å²) in [7, 11) is 0. The quantitative estimate of drug-likeness (QED) is 0.358. The fourth-order valence-electron chi connectivity index (χ4n) is 6.16. The number of hydrogen-bond donors (Lipinski definition) is 1. The Morgan fingerprint density at radius 1 is 0.879 bits per heavy atom. The summed E-state index contributed by atoms with van der Waals surface area (Å²) in [6.45, 7) is 1.01. The standard InChI is InChI=1S/C28H27N3OS/c1-2-6-27-25(5-1)31(26-10-7-20(14-28(26)33-27)24-4-3-12-29-24)23-15-21-8-9-22(16-23)30(21)17-19-11-13-32-18-19/h1-7,10-14,18,21-23,29H,8-9,15-17H2. The molecule has 2 aromatic heterocycles. The zero-order valence-corrected chi connectivity index (χ0v) is 19.3. The molecule has 5 heteroatoms. The Balaban J connectivity index is 1.23. The van der Waals surface area contributed by atoms with Gasteiger partial charge in [0, 0.05) is 51.9 Å². The zero-order valence-electron chi connectivity index (χ0n) is 18.5. The van der Waals surface area contributed by atoms with Gasteiger partial charge in [0.1, 0.15) is 0 Å². The van der Waals surface area contributed by atoms with Crippen LogP contribution in [0.1, 0.15) is 31.2 Å². The minimum Gasteiger partial charge on any atom is -0.472 e. The number of nitrogens with zero attached hydrogens (tertiary/aromatic N) is 2. The predicted molar refractivity (Wildman–Crippen MR) is 133 cm³/mol. The molecule has 4 nitrogen and oxygen atoms in total. The molecular weight excluding hydrogens is 426 g/mol. The summed E-state index contributed by atoms with van der Waals surface area (Å²) in [5.41, 5.74) is 6.46. The number of H-pyrrole nitrogens is 1. The number of nitrogens with one attached hydrogen (secondary N) is 1. The van der Waals surface area contributed by atoms with E-state index in [1.54, 1.807) is 6.26 Å². The molecular formula is C28H27N3OS. The third-order valence-electron chi connectivity index (χ3n) is 7.64. The number of furan rings is 1. The third-order valence-corrected chi connectivity index (χ3v) is 8.75. The molecule has 2 atom stereocenters. The van der Waals surface area contributed by atoms with Crippen molar-refractivity contribution in [3.63, 3.8) is 0 Å². The first-order chi connectivity index (χ1) is 16.3. The number of rotatable bonds is 4. The van der Waals surface area contributed by atoms with Crippen LogP contribution in [0.15, 0.2) is 93.6 Å². The lowest BCUT2D eigenvalue weighted by Gasteiger charge is -2.46. The van der Waals surface area contributed by atoms with Gasteiger partial charge in [0.2, 0.25) is 0 Å². The van der Waals surface area contributed by atoms with Crippen LogP contribution in [0.4, 0.5) is 11.4 Å². The van der Waals surface area contributed by atoms with Crippen molar-refractivity contribution in [3.05, 3.63) is 85.0 Å². The molecule has 0 saturated carbocycles. The number of fused-ring (bicyclic) bond motifs is 4. The number of anilines is 2. The second-order valence-corrected chi connectivity index (χ2v) is 10.6. The van der Waals surface area contributed by atoms with Crippen LogP contribution in [0, 0.1) is 0 Å². The number of hydrogen-bond acceptors (Lipinski definition) is 4. The van der Waals surface area contributed by atoms with Gasteiger partial charge < -0.3 is 14.3 Å². The molecule has 2 unspecified atom stereocenters. The van der Waals surface area contributed by atoms with Gasteiger partial charge in [0.25, 0.3) is 0 Å². The number of aromatic amines is 1. The molecule has 2 fully saturated rings. The maximum absolute atomic E-state index is 5.34.